The minimum absolute atomic E-state index is 0.0351. The van der Waals surface area contributed by atoms with Gasteiger partial charge in [0, 0.05) is 22.7 Å². The van der Waals surface area contributed by atoms with Crippen LogP contribution in [0, 0.1) is 13.8 Å². The Morgan fingerprint density at radius 3 is 2.50 bits per heavy atom. The van der Waals surface area contributed by atoms with Gasteiger partial charge < -0.3 is 5.11 Å². The van der Waals surface area contributed by atoms with Gasteiger partial charge in [-0.15, -0.1) is 0 Å². The zero-order valence-electron chi connectivity index (χ0n) is 9.61. The number of thiazole rings is 1. The highest BCUT2D eigenvalue weighted by molar-refractivity contribution is 7.09. The largest absolute Gasteiger partial charge is 0.478 e. The summed E-state index contributed by atoms with van der Waals surface area (Å²) in [5, 5.41) is 8.84. The van der Waals surface area contributed by atoms with Gasteiger partial charge in [0.15, 0.2) is 0 Å². The zero-order chi connectivity index (χ0) is 12.3. The zero-order valence-corrected chi connectivity index (χ0v) is 10.4. The van der Waals surface area contributed by atoms with Crippen LogP contribution < -0.4 is 4.87 Å². The average Bonchev–Trinajstić information content (AvgIpc) is 2.44. The highest BCUT2D eigenvalue weighted by Crippen LogP contribution is 2.10. The molecule has 1 rings (SSSR count). The summed E-state index contributed by atoms with van der Waals surface area (Å²) in [6.45, 7) is 5.88. The Kier molecular flexibility index (Phi) is 4.06. The van der Waals surface area contributed by atoms with E-state index in [1.807, 2.05) is 13.8 Å². The third-order valence-corrected chi connectivity index (χ3v) is 3.55. The van der Waals surface area contributed by atoms with Crippen molar-refractivity contribution in [3.63, 3.8) is 0 Å². The van der Waals surface area contributed by atoms with Crippen molar-refractivity contribution in [3.05, 3.63) is 31.9 Å². The molecule has 0 spiro atoms. The van der Waals surface area contributed by atoms with Gasteiger partial charge >= 0.3 is 10.8 Å². The van der Waals surface area contributed by atoms with Gasteiger partial charge in [0.1, 0.15) is 0 Å². The topological polar surface area (TPSA) is 59.3 Å². The van der Waals surface area contributed by atoms with Gasteiger partial charge in [-0.1, -0.05) is 24.3 Å². The maximum atomic E-state index is 11.5. The molecule has 0 unspecified atom stereocenters. The third kappa shape index (κ3) is 2.61. The lowest BCUT2D eigenvalue weighted by Crippen LogP contribution is -2.14. The fourth-order valence-corrected chi connectivity index (χ4v) is 2.22. The van der Waals surface area contributed by atoms with Gasteiger partial charge in [0.25, 0.3) is 0 Å². The van der Waals surface area contributed by atoms with Crippen molar-refractivity contribution in [2.75, 3.05) is 0 Å². The van der Waals surface area contributed by atoms with Crippen molar-refractivity contribution in [1.82, 2.24) is 4.57 Å². The Bertz CT molecular complexity index is 482. The first-order valence-corrected chi connectivity index (χ1v) is 5.88. The standard InChI is InChI=1S/C11H15NO3S/c1-4-9(10(13)14)5-6-12-7(2)8(3)16-11(12)15/h5H,4,6H2,1-3H3,(H,13,14). The van der Waals surface area contributed by atoms with E-state index < -0.39 is 5.97 Å². The summed E-state index contributed by atoms with van der Waals surface area (Å²) in [6, 6.07) is 0. The number of rotatable bonds is 4. The van der Waals surface area contributed by atoms with Gasteiger partial charge in [-0.25, -0.2) is 4.79 Å². The predicted molar refractivity (Wildman–Crippen MR) is 64.1 cm³/mol. The second-order valence-corrected chi connectivity index (χ2v) is 4.67. The number of carbonyl (C=O) groups is 1. The fraction of sp³-hybridized carbons (Fsp3) is 0.455. The smallest absolute Gasteiger partial charge is 0.331 e. The molecule has 0 saturated heterocycles. The first-order chi connectivity index (χ1) is 7.47. The number of aryl methyl sites for hydroxylation is 1. The molecule has 1 aromatic heterocycles. The number of aromatic nitrogens is 1. The van der Waals surface area contributed by atoms with Crippen LogP contribution in [-0.4, -0.2) is 15.6 Å². The van der Waals surface area contributed by atoms with E-state index in [0.717, 1.165) is 10.6 Å². The van der Waals surface area contributed by atoms with Crippen molar-refractivity contribution in [2.24, 2.45) is 0 Å². The van der Waals surface area contributed by atoms with E-state index in [-0.39, 0.29) is 4.87 Å². The monoisotopic (exact) mass is 241 g/mol. The lowest BCUT2D eigenvalue weighted by atomic mass is 10.2. The van der Waals surface area contributed by atoms with Crippen LogP contribution in [0.5, 0.6) is 0 Å². The summed E-state index contributed by atoms with van der Waals surface area (Å²) in [6.07, 6.45) is 2.06. The van der Waals surface area contributed by atoms with Crippen LogP contribution in [0.4, 0.5) is 0 Å². The van der Waals surface area contributed by atoms with Gasteiger partial charge in [0.05, 0.1) is 0 Å². The molecular weight excluding hydrogens is 226 g/mol. The summed E-state index contributed by atoms with van der Waals surface area (Å²) in [4.78, 5) is 23.3. The fourth-order valence-electron chi connectivity index (χ4n) is 1.38. The second kappa shape index (κ2) is 5.12. The molecule has 0 aliphatic carbocycles. The maximum absolute atomic E-state index is 11.5. The van der Waals surface area contributed by atoms with Crippen molar-refractivity contribution in [3.8, 4) is 0 Å². The van der Waals surface area contributed by atoms with Crippen molar-refractivity contribution in [1.29, 1.82) is 0 Å². The highest BCUT2D eigenvalue weighted by Gasteiger charge is 2.08. The van der Waals surface area contributed by atoms with Crippen LogP contribution in [-0.2, 0) is 11.3 Å². The quantitative estimate of drug-likeness (QED) is 0.820. The number of carboxylic acid groups (broad SMARTS) is 1. The van der Waals surface area contributed by atoms with Crippen LogP contribution in [0.15, 0.2) is 16.4 Å². The molecule has 0 bridgehead atoms. The summed E-state index contributed by atoms with van der Waals surface area (Å²) in [5.41, 5.74) is 1.25. The number of aliphatic carboxylic acids is 1. The van der Waals surface area contributed by atoms with E-state index in [9.17, 15) is 9.59 Å². The first kappa shape index (κ1) is 12.7. The molecule has 0 saturated carbocycles. The molecule has 1 N–H and O–H groups in total. The molecule has 16 heavy (non-hydrogen) atoms. The van der Waals surface area contributed by atoms with Gasteiger partial charge in [-0.05, 0) is 20.3 Å². The summed E-state index contributed by atoms with van der Waals surface area (Å²) >= 11 is 1.19. The van der Waals surface area contributed by atoms with E-state index in [2.05, 4.69) is 0 Å². The SMILES string of the molecule is CCC(=CCn1c(C)c(C)sc1=O)C(=O)O. The molecule has 0 atom stereocenters. The third-order valence-electron chi connectivity index (χ3n) is 2.55. The molecule has 0 amide bonds. The Labute approximate surface area is 97.8 Å². The number of nitrogens with zero attached hydrogens (tertiary/aromatic N) is 1. The molecule has 5 heteroatoms. The van der Waals surface area contributed by atoms with Crippen molar-refractivity contribution < 1.29 is 9.90 Å². The van der Waals surface area contributed by atoms with E-state index in [0.29, 0.717) is 18.5 Å². The van der Waals surface area contributed by atoms with E-state index >= 15 is 0 Å². The molecule has 0 aliphatic heterocycles. The normalized spacial score (nSPS) is 11.8. The van der Waals surface area contributed by atoms with Gasteiger partial charge in [-0.3, -0.25) is 9.36 Å². The Morgan fingerprint density at radius 2 is 2.12 bits per heavy atom. The number of carboxylic acids is 1. The molecule has 0 aliphatic rings. The van der Waals surface area contributed by atoms with Crippen LogP contribution >= 0.6 is 11.3 Å². The molecule has 0 fully saturated rings. The molecule has 0 aromatic carbocycles. The van der Waals surface area contributed by atoms with E-state index in [4.69, 9.17) is 5.11 Å². The highest BCUT2D eigenvalue weighted by atomic mass is 32.1. The summed E-state index contributed by atoms with van der Waals surface area (Å²) in [5.74, 6) is -0.917. The molecule has 4 nitrogen and oxygen atoms in total. The molecule has 88 valence electrons. The second-order valence-electron chi connectivity index (χ2n) is 3.51. The molecule has 0 radical (unpaired) electrons. The maximum Gasteiger partial charge on any atom is 0.331 e. The van der Waals surface area contributed by atoms with Crippen molar-refractivity contribution in [2.45, 2.75) is 33.7 Å². The number of allylic oxidation sites excluding steroid dienone is 1. The lowest BCUT2D eigenvalue weighted by Gasteiger charge is -2.02. The molecule has 1 heterocycles. The predicted octanol–water partition coefficient (Wildman–Crippen LogP) is 1.95. The van der Waals surface area contributed by atoms with Crippen molar-refractivity contribution >= 4 is 17.3 Å². The number of hydrogen-bond acceptors (Lipinski definition) is 3. The molecule has 1 aromatic rings. The number of hydrogen-bond donors (Lipinski definition) is 1. The van der Waals surface area contributed by atoms with Gasteiger partial charge in [0.2, 0.25) is 0 Å². The van der Waals surface area contributed by atoms with E-state index in [1.54, 1.807) is 17.6 Å². The van der Waals surface area contributed by atoms with Crippen LogP contribution in [0.1, 0.15) is 23.9 Å². The minimum Gasteiger partial charge on any atom is -0.478 e. The first-order valence-electron chi connectivity index (χ1n) is 5.06. The molecular formula is C11H15NO3S. The summed E-state index contributed by atoms with van der Waals surface area (Å²) in [7, 11) is 0. The van der Waals surface area contributed by atoms with Crippen LogP contribution in [0.3, 0.4) is 0 Å². The summed E-state index contributed by atoms with van der Waals surface area (Å²) < 4.78 is 1.60. The Hall–Kier alpha value is -1.36. The average molecular weight is 241 g/mol. The minimum atomic E-state index is -0.917. The Morgan fingerprint density at radius 1 is 1.50 bits per heavy atom. The lowest BCUT2D eigenvalue weighted by molar-refractivity contribution is -0.132. The van der Waals surface area contributed by atoms with Crippen LogP contribution in [0.25, 0.3) is 0 Å². The van der Waals surface area contributed by atoms with Crippen LogP contribution in [0.2, 0.25) is 0 Å². The Balaban J connectivity index is 2.97. The van der Waals surface area contributed by atoms with Gasteiger partial charge in [-0.2, -0.15) is 0 Å². The van der Waals surface area contributed by atoms with E-state index in [1.165, 1.54) is 11.3 Å².